The second kappa shape index (κ2) is 6.12. The predicted octanol–water partition coefficient (Wildman–Crippen LogP) is 0.722. The predicted molar refractivity (Wildman–Crippen MR) is 76.6 cm³/mol. The molecule has 1 fully saturated rings. The van der Waals surface area contributed by atoms with Crippen LogP contribution in [0.25, 0.3) is 0 Å². The highest BCUT2D eigenvalue weighted by molar-refractivity contribution is 7.91. The zero-order valence-electron chi connectivity index (χ0n) is 11.2. The fraction of sp³-hybridized carbons (Fsp3) is 0.500. The fourth-order valence-electron chi connectivity index (χ4n) is 2.33. The van der Waals surface area contributed by atoms with Crippen LogP contribution < -0.4 is 5.73 Å². The first-order valence-corrected chi connectivity index (χ1v) is 8.73. The van der Waals surface area contributed by atoms with Crippen LogP contribution in [-0.4, -0.2) is 42.8 Å². The minimum absolute atomic E-state index is 0.0258. The van der Waals surface area contributed by atoms with Crippen LogP contribution in [0.4, 0.5) is 0 Å². The maximum absolute atomic E-state index is 12.4. The quantitative estimate of drug-likeness (QED) is 0.824. The Morgan fingerprint density at radius 1 is 1.38 bits per heavy atom. The lowest BCUT2D eigenvalue weighted by Crippen LogP contribution is -2.38. The van der Waals surface area contributed by atoms with Gasteiger partial charge in [-0.2, -0.15) is 4.31 Å². The van der Waals surface area contributed by atoms with E-state index < -0.39 is 16.0 Å². The standard InChI is InChI=1S/C12H16N2O5S2/c13-10(15)5-8-1-3-14(4-2-8)21(18,19)11-6-9(7-20-11)12(16)17/h6-8H,1-5H2,(H2,13,15)(H,16,17). The van der Waals surface area contributed by atoms with Gasteiger partial charge in [0.15, 0.2) is 0 Å². The molecular weight excluding hydrogens is 316 g/mol. The van der Waals surface area contributed by atoms with Crippen molar-refractivity contribution < 1.29 is 23.1 Å². The SMILES string of the molecule is NC(=O)CC1CCN(S(=O)(=O)c2cc(C(=O)O)cs2)CC1. The molecule has 1 saturated heterocycles. The molecule has 0 atom stereocenters. The van der Waals surface area contributed by atoms with Gasteiger partial charge in [-0.1, -0.05) is 0 Å². The molecule has 0 aromatic carbocycles. The van der Waals surface area contributed by atoms with Crippen LogP contribution in [0.5, 0.6) is 0 Å². The van der Waals surface area contributed by atoms with Crippen molar-refractivity contribution in [2.24, 2.45) is 11.7 Å². The Labute approximate surface area is 126 Å². The largest absolute Gasteiger partial charge is 0.478 e. The topological polar surface area (TPSA) is 118 Å². The summed E-state index contributed by atoms with van der Waals surface area (Å²) in [5, 5.41) is 10.2. The number of primary amides is 1. The highest BCUT2D eigenvalue weighted by Crippen LogP contribution is 2.28. The zero-order chi connectivity index (χ0) is 15.6. The lowest BCUT2D eigenvalue weighted by atomic mass is 9.94. The second-order valence-corrected chi connectivity index (χ2v) is 8.05. The van der Waals surface area contributed by atoms with Crippen molar-refractivity contribution >= 4 is 33.2 Å². The van der Waals surface area contributed by atoms with Crippen molar-refractivity contribution in [1.29, 1.82) is 0 Å². The van der Waals surface area contributed by atoms with Crippen LogP contribution in [-0.2, 0) is 14.8 Å². The number of nitrogens with two attached hydrogens (primary N) is 1. The minimum atomic E-state index is -3.65. The van der Waals surface area contributed by atoms with Gasteiger partial charge in [-0.05, 0) is 24.8 Å². The first-order chi connectivity index (χ1) is 9.80. The molecule has 1 aliphatic heterocycles. The van der Waals surface area contributed by atoms with E-state index in [2.05, 4.69) is 0 Å². The molecule has 21 heavy (non-hydrogen) atoms. The number of aromatic carboxylic acids is 1. The molecule has 0 radical (unpaired) electrons. The van der Waals surface area contributed by atoms with E-state index in [9.17, 15) is 18.0 Å². The smallest absolute Gasteiger partial charge is 0.336 e. The first-order valence-electron chi connectivity index (χ1n) is 6.41. The number of piperidine rings is 1. The average Bonchev–Trinajstić information content (AvgIpc) is 2.89. The maximum Gasteiger partial charge on any atom is 0.336 e. The van der Waals surface area contributed by atoms with Gasteiger partial charge in [0.2, 0.25) is 5.91 Å². The summed E-state index contributed by atoms with van der Waals surface area (Å²) in [5.41, 5.74) is 5.12. The molecule has 0 saturated carbocycles. The Bertz CT molecular complexity index is 644. The lowest BCUT2D eigenvalue weighted by molar-refractivity contribution is -0.119. The summed E-state index contributed by atoms with van der Waals surface area (Å²) in [6.07, 6.45) is 1.44. The van der Waals surface area contributed by atoms with Gasteiger partial charge in [-0.25, -0.2) is 13.2 Å². The zero-order valence-corrected chi connectivity index (χ0v) is 12.8. The minimum Gasteiger partial charge on any atom is -0.478 e. The van der Waals surface area contributed by atoms with Gasteiger partial charge in [0.1, 0.15) is 4.21 Å². The third-order valence-electron chi connectivity index (χ3n) is 3.48. The molecule has 7 nitrogen and oxygen atoms in total. The van der Waals surface area contributed by atoms with Crippen LogP contribution in [0.15, 0.2) is 15.7 Å². The van der Waals surface area contributed by atoms with Gasteiger partial charge in [0.05, 0.1) is 5.56 Å². The Hall–Kier alpha value is -1.45. The van der Waals surface area contributed by atoms with Gasteiger partial charge in [0, 0.05) is 24.9 Å². The first kappa shape index (κ1) is 15.9. The molecule has 1 aliphatic rings. The molecule has 1 aromatic heterocycles. The molecule has 0 bridgehead atoms. The normalized spacial score (nSPS) is 17.7. The van der Waals surface area contributed by atoms with Crippen molar-refractivity contribution in [2.45, 2.75) is 23.5 Å². The van der Waals surface area contributed by atoms with Crippen molar-refractivity contribution in [3.8, 4) is 0 Å². The van der Waals surface area contributed by atoms with Gasteiger partial charge in [-0.3, -0.25) is 4.79 Å². The molecule has 3 N–H and O–H groups in total. The number of hydrogen-bond acceptors (Lipinski definition) is 5. The Morgan fingerprint density at radius 3 is 2.48 bits per heavy atom. The number of nitrogens with zero attached hydrogens (tertiary/aromatic N) is 1. The fourth-order valence-corrected chi connectivity index (χ4v) is 5.11. The highest BCUT2D eigenvalue weighted by Gasteiger charge is 2.31. The Kier molecular flexibility index (Phi) is 4.64. The number of carbonyl (C=O) groups excluding carboxylic acids is 1. The van der Waals surface area contributed by atoms with Crippen molar-refractivity contribution in [3.63, 3.8) is 0 Å². The van der Waals surface area contributed by atoms with E-state index in [1.54, 1.807) is 0 Å². The molecule has 0 unspecified atom stereocenters. The maximum atomic E-state index is 12.4. The molecule has 2 heterocycles. The van der Waals surface area contributed by atoms with Crippen LogP contribution in [0.2, 0.25) is 0 Å². The summed E-state index contributed by atoms with van der Waals surface area (Å²) in [5.74, 6) is -1.40. The van der Waals surface area contributed by atoms with E-state index in [4.69, 9.17) is 10.8 Å². The van der Waals surface area contributed by atoms with Gasteiger partial charge in [0.25, 0.3) is 10.0 Å². The summed E-state index contributed by atoms with van der Waals surface area (Å²) in [6, 6.07) is 1.18. The summed E-state index contributed by atoms with van der Waals surface area (Å²) in [6.45, 7) is 0.640. The van der Waals surface area contributed by atoms with E-state index in [1.165, 1.54) is 15.8 Å². The van der Waals surface area contributed by atoms with Crippen LogP contribution >= 0.6 is 11.3 Å². The Morgan fingerprint density at radius 2 is 2.00 bits per heavy atom. The van der Waals surface area contributed by atoms with E-state index >= 15 is 0 Å². The molecule has 0 aliphatic carbocycles. The number of hydrogen-bond donors (Lipinski definition) is 2. The highest BCUT2D eigenvalue weighted by atomic mass is 32.2. The van der Waals surface area contributed by atoms with E-state index in [0.29, 0.717) is 25.9 Å². The summed E-state index contributed by atoms with van der Waals surface area (Å²) < 4.78 is 26.2. The molecular formula is C12H16N2O5S2. The van der Waals surface area contributed by atoms with E-state index in [0.717, 1.165) is 11.3 Å². The van der Waals surface area contributed by atoms with Gasteiger partial charge < -0.3 is 10.8 Å². The van der Waals surface area contributed by atoms with Gasteiger partial charge >= 0.3 is 5.97 Å². The number of carbonyl (C=O) groups is 2. The van der Waals surface area contributed by atoms with Crippen LogP contribution in [0.1, 0.15) is 29.6 Å². The number of carboxylic acids is 1. The van der Waals surface area contributed by atoms with Crippen molar-refractivity contribution in [1.82, 2.24) is 4.31 Å². The monoisotopic (exact) mass is 332 g/mol. The number of amides is 1. The molecule has 0 spiro atoms. The Balaban J connectivity index is 2.07. The summed E-state index contributed by atoms with van der Waals surface area (Å²) in [4.78, 5) is 21.7. The summed E-state index contributed by atoms with van der Waals surface area (Å²) >= 11 is 0.905. The molecule has 1 aromatic rings. The van der Waals surface area contributed by atoms with Crippen LogP contribution in [0.3, 0.4) is 0 Å². The third-order valence-corrected chi connectivity index (χ3v) is 6.79. The number of thiophene rings is 1. The third kappa shape index (κ3) is 3.60. The molecule has 1 amide bonds. The molecule has 9 heteroatoms. The summed E-state index contributed by atoms with van der Waals surface area (Å²) in [7, 11) is -3.65. The van der Waals surface area contributed by atoms with Gasteiger partial charge in [-0.15, -0.1) is 11.3 Å². The second-order valence-electron chi connectivity index (χ2n) is 4.98. The van der Waals surface area contributed by atoms with Crippen LogP contribution in [0, 0.1) is 5.92 Å². The number of rotatable bonds is 5. The lowest BCUT2D eigenvalue weighted by Gasteiger charge is -2.30. The molecule has 2 rings (SSSR count). The number of carboxylic acid groups (broad SMARTS) is 1. The molecule has 116 valence electrons. The van der Waals surface area contributed by atoms with E-state index in [-0.39, 0.29) is 28.0 Å². The van der Waals surface area contributed by atoms with Crippen molar-refractivity contribution in [2.75, 3.05) is 13.1 Å². The van der Waals surface area contributed by atoms with E-state index in [1.807, 2.05) is 0 Å². The number of sulfonamides is 1. The average molecular weight is 332 g/mol. The van der Waals surface area contributed by atoms with Crippen molar-refractivity contribution in [3.05, 3.63) is 17.0 Å².